The number of methoxy groups -OCH3 is 2. The minimum absolute atomic E-state index is 0.0917. The highest BCUT2D eigenvalue weighted by Gasteiger charge is 2.22. The van der Waals surface area contributed by atoms with Crippen LogP contribution in [0.2, 0.25) is 0 Å². The van der Waals surface area contributed by atoms with E-state index in [0.717, 1.165) is 10.1 Å². The number of carbonyl (C=O) groups excluding carboxylic acids is 1. The summed E-state index contributed by atoms with van der Waals surface area (Å²) in [6.07, 6.45) is 0. The van der Waals surface area contributed by atoms with Crippen molar-refractivity contribution in [1.29, 1.82) is 0 Å². The Labute approximate surface area is 193 Å². The molecule has 164 valence electrons. The van der Waals surface area contributed by atoms with Gasteiger partial charge in [0.25, 0.3) is 5.91 Å². The van der Waals surface area contributed by atoms with Crippen LogP contribution in [-0.4, -0.2) is 20.1 Å². The highest BCUT2D eigenvalue weighted by Crippen LogP contribution is 2.37. The number of hydrogen-bond donors (Lipinski definition) is 1. The summed E-state index contributed by atoms with van der Waals surface area (Å²) in [5, 5.41) is 3.63. The molecule has 2 heterocycles. The van der Waals surface area contributed by atoms with E-state index in [2.05, 4.69) is 5.32 Å². The Bertz CT molecular complexity index is 1550. The van der Waals surface area contributed by atoms with Crippen LogP contribution in [0.4, 0.5) is 5.88 Å². The van der Waals surface area contributed by atoms with Gasteiger partial charge in [-0.05, 0) is 48.0 Å². The molecule has 1 amide bonds. The zero-order chi connectivity index (χ0) is 22.9. The Morgan fingerprint density at radius 3 is 2.42 bits per heavy atom. The number of ether oxygens (including phenoxy) is 2. The fraction of sp³-hybridized carbons (Fsp3) is 0.0769. The zero-order valence-electron chi connectivity index (χ0n) is 17.9. The number of thiophene rings is 1. The monoisotopic (exact) mass is 457 g/mol. The van der Waals surface area contributed by atoms with Crippen LogP contribution in [0.3, 0.4) is 0 Å². The molecule has 0 fully saturated rings. The van der Waals surface area contributed by atoms with Crippen molar-refractivity contribution in [3.05, 3.63) is 88.6 Å². The minimum atomic E-state index is -0.411. The van der Waals surface area contributed by atoms with Crippen molar-refractivity contribution in [1.82, 2.24) is 0 Å². The molecule has 0 aliphatic heterocycles. The second-order valence-electron chi connectivity index (χ2n) is 7.31. The van der Waals surface area contributed by atoms with Gasteiger partial charge in [-0.25, -0.2) is 0 Å². The van der Waals surface area contributed by atoms with E-state index in [1.54, 1.807) is 55.6 Å². The summed E-state index contributed by atoms with van der Waals surface area (Å²) in [5.74, 6) is 0.895. The maximum absolute atomic E-state index is 13.6. The molecule has 33 heavy (non-hydrogen) atoms. The van der Waals surface area contributed by atoms with Crippen LogP contribution in [0, 0.1) is 0 Å². The Balaban J connectivity index is 1.71. The molecule has 3 aromatic carbocycles. The summed E-state index contributed by atoms with van der Waals surface area (Å²) in [6, 6.07) is 21.5. The maximum Gasteiger partial charge on any atom is 0.258 e. The van der Waals surface area contributed by atoms with E-state index in [1.165, 1.54) is 18.4 Å². The van der Waals surface area contributed by atoms with Crippen LogP contribution in [0.15, 0.2) is 82.0 Å². The molecule has 1 N–H and O–H groups in total. The van der Waals surface area contributed by atoms with Crippen molar-refractivity contribution < 1.29 is 18.7 Å². The SMILES string of the molecule is COc1ccc(-c2c(NC(=O)c3cccc(OC)c3)oc3c(sc4ccccc43)c2=O)cc1. The van der Waals surface area contributed by atoms with E-state index < -0.39 is 5.91 Å². The smallest absolute Gasteiger partial charge is 0.258 e. The molecule has 0 aliphatic carbocycles. The van der Waals surface area contributed by atoms with Crippen LogP contribution in [0.5, 0.6) is 11.5 Å². The first-order valence-electron chi connectivity index (χ1n) is 10.2. The van der Waals surface area contributed by atoms with Gasteiger partial charge in [0.15, 0.2) is 5.58 Å². The molecule has 2 aromatic heterocycles. The molecule has 6 nitrogen and oxygen atoms in total. The predicted octanol–water partition coefficient (Wildman–Crippen LogP) is 5.94. The van der Waals surface area contributed by atoms with Crippen LogP contribution in [-0.2, 0) is 0 Å². The third-order valence-electron chi connectivity index (χ3n) is 5.35. The minimum Gasteiger partial charge on any atom is -0.497 e. The second kappa shape index (κ2) is 8.44. The second-order valence-corrected chi connectivity index (χ2v) is 8.36. The van der Waals surface area contributed by atoms with E-state index in [-0.39, 0.29) is 16.9 Å². The average molecular weight is 458 g/mol. The molecule has 0 radical (unpaired) electrons. The third kappa shape index (κ3) is 3.72. The van der Waals surface area contributed by atoms with Gasteiger partial charge in [0.05, 0.1) is 19.8 Å². The quantitative estimate of drug-likeness (QED) is 0.353. The number of hydrogen-bond acceptors (Lipinski definition) is 6. The molecule has 0 unspecified atom stereocenters. The Morgan fingerprint density at radius 1 is 0.909 bits per heavy atom. The van der Waals surface area contributed by atoms with Crippen LogP contribution in [0.1, 0.15) is 10.4 Å². The lowest BCUT2D eigenvalue weighted by Gasteiger charge is -2.11. The number of amides is 1. The van der Waals surface area contributed by atoms with Crippen molar-refractivity contribution in [2.75, 3.05) is 19.5 Å². The van der Waals surface area contributed by atoms with Gasteiger partial charge in [0.1, 0.15) is 16.2 Å². The lowest BCUT2D eigenvalue weighted by Crippen LogP contribution is -2.16. The molecule has 0 saturated heterocycles. The number of carbonyl (C=O) groups is 1. The number of benzene rings is 3. The van der Waals surface area contributed by atoms with Crippen molar-refractivity contribution >= 4 is 43.5 Å². The largest absolute Gasteiger partial charge is 0.497 e. The summed E-state index contributed by atoms with van der Waals surface area (Å²) >= 11 is 1.37. The fourth-order valence-electron chi connectivity index (χ4n) is 3.69. The first-order chi connectivity index (χ1) is 16.1. The maximum atomic E-state index is 13.6. The van der Waals surface area contributed by atoms with E-state index in [9.17, 15) is 9.59 Å². The molecular formula is C26H19NO5S. The van der Waals surface area contributed by atoms with Gasteiger partial charge in [-0.15, -0.1) is 11.3 Å². The molecule has 7 heteroatoms. The van der Waals surface area contributed by atoms with Crippen molar-refractivity contribution in [2.24, 2.45) is 0 Å². The van der Waals surface area contributed by atoms with Gasteiger partial charge in [-0.3, -0.25) is 14.9 Å². The first-order valence-corrected chi connectivity index (χ1v) is 11.0. The van der Waals surface area contributed by atoms with Gasteiger partial charge in [0.2, 0.25) is 11.3 Å². The third-order valence-corrected chi connectivity index (χ3v) is 6.50. The number of rotatable bonds is 5. The molecular weight excluding hydrogens is 438 g/mol. The topological polar surface area (TPSA) is 77.8 Å². The lowest BCUT2D eigenvalue weighted by atomic mass is 10.1. The Hall–Kier alpha value is -4.10. The van der Waals surface area contributed by atoms with Crippen LogP contribution in [0.25, 0.3) is 31.5 Å². The molecule has 0 spiro atoms. The zero-order valence-corrected chi connectivity index (χ0v) is 18.7. The molecule has 0 bridgehead atoms. The number of nitrogens with one attached hydrogen (secondary N) is 1. The lowest BCUT2D eigenvalue weighted by molar-refractivity contribution is 0.102. The van der Waals surface area contributed by atoms with Crippen molar-refractivity contribution in [2.45, 2.75) is 0 Å². The predicted molar refractivity (Wildman–Crippen MR) is 131 cm³/mol. The Kier molecular flexibility index (Phi) is 5.32. The van der Waals surface area contributed by atoms with Gasteiger partial charge >= 0.3 is 0 Å². The summed E-state index contributed by atoms with van der Waals surface area (Å²) in [6.45, 7) is 0. The van der Waals surface area contributed by atoms with Crippen LogP contribution >= 0.6 is 11.3 Å². The van der Waals surface area contributed by atoms with Crippen molar-refractivity contribution in [3.63, 3.8) is 0 Å². The van der Waals surface area contributed by atoms with Crippen LogP contribution < -0.4 is 20.2 Å². The number of fused-ring (bicyclic) bond motifs is 3. The molecule has 5 rings (SSSR count). The highest BCUT2D eigenvalue weighted by molar-refractivity contribution is 7.25. The Morgan fingerprint density at radius 2 is 1.67 bits per heavy atom. The van der Waals surface area contributed by atoms with Gasteiger partial charge < -0.3 is 13.9 Å². The summed E-state index contributed by atoms with van der Waals surface area (Å²) in [4.78, 5) is 26.7. The van der Waals surface area contributed by atoms with E-state index >= 15 is 0 Å². The van der Waals surface area contributed by atoms with Crippen molar-refractivity contribution in [3.8, 4) is 22.6 Å². The average Bonchev–Trinajstić information content (AvgIpc) is 3.23. The van der Waals surface area contributed by atoms with E-state index in [1.807, 2.05) is 24.3 Å². The molecule has 0 saturated carbocycles. The summed E-state index contributed by atoms with van der Waals surface area (Å²) in [7, 11) is 3.11. The van der Waals surface area contributed by atoms with E-state index in [4.69, 9.17) is 13.9 Å². The normalized spacial score (nSPS) is 11.0. The number of anilines is 1. The van der Waals surface area contributed by atoms with Gasteiger partial charge in [-0.1, -0.05) is 30.3 Å². The standard InChI is InChI=1S/C26H19NO5S/c1-30-17-12-10-15(11-13-17)21-22(28)24-23(19-8-3-4-9-20(19)33-24)32-26(21)27-25(29)16-6-5-7-18(14-16)31-2/h3-14H,1-2H3,(H,27,29). The summed E-state index contributed by atoms with van der Waals surface area (Å²) < 4.78 is 18.1. The van der Waals surface area contributed by atoms with Gasteiger partial charge in [0, 0.05) is 15.6 Å². The molecule has 5 aromatic rings. The first kappa shape index (κ1) is 20.8. The van der Waals surface area contributed by atoms with E-state index in [0.29, 0.717) is 32.9 Å². The summed E-state index contributed by atoms with van der Waals surface area (Å²) in [5.41, 5.74) is 1.54. The molecule has 0 aliphatic rings. The molecule has 0 atom stereocenters. The van der Waals surface area contributed by atoms with Gasteiger partial charge in [-0.2, -0.15) is 0 Å². The highest BCUT2D eigenvalue weighted by atomic mass is 32.1. The fourth-order valence-corrected chi connectivity index (χ4v) is 4.77.